The molecule has 0 aromatic heterocycles. The number of halogens is 1. The third-order valence-electron chi connectivity index (χ3n) is 2.91. The van der Waals surface area contributed by atoms with E-state index in [0.717, 1.165) is 0 Å². The Morgan fingerprint density at radius 3 is 2.47 bits per heavy atom. The minimum Gasteiger partial charge on any atom is -0.396 e. The second kappa shape index (κ2) is 5.01. The van der Waals surface area contributed by atoms with Crippen molar-refractivity contribution in [2.75, 3.05) is 11.5 Å². The van der Waals surface area contributed by atoms with Gasteiger partial charge in [0.2, 0.25) is 0 Å². The first-order valence-corrected chi connectivity index (χ1v) is 7.48. The Morgan fingerprint density at radius 1 is 1.16 bits per heavy atom. The van der Waals surface area contributed by atoms with Crippen molar-refractivity contribution in [1.29, 1.82) is 0 Å². The summed E-state index contributed by atoms with van der Waals surface area (Å²) >= 11 is 0. The monoisotopic (exact) mass is 279 g/mol. The molecular formula is C14H14FNO2S. The van der Waals surface area contributed by atoms with Gasteiger partial charge < -0.3 is 5.73 Å². The zero-order valence-corrected chi connectivity index (χ0v) is 11.2. The third kappa shape index (κ3) is 2.61. The fourth-order valence-corrected chi connectivity index (χ4v) is 2.94. The van der Waals surface area contributed by atoms with E-state index in [4.69, 9.17) is 5.73 Å². The van der Waals surface area contributed by atoms with Gasteiger partial charge in [0.05, 0.1) is 16.3 Å². The Morgan fingerprint density at radius 2 is 1.84 bits per heavy atom. The van der Waals surface area contributed by atoms with Crippen molar-refractivity contribution in [1.82, 2.24) is 0 Å². The molecule has 2 aromatic rings. The summed E-state index contributed by atoms with van der Waals surface area (Å²) in [6.07, 6.45) is 0. The lowest BCUT2D eigenvalue weighted by Gasteiger charge is -2.10. The topological polar surface area (TPSA) is 60.2 Å². The van der Waals surface area contributed by atoms with Crippen molar-refractivity contribution in [3.8, 4) is 11.1 Å². The molecule has 0 unspecified atom stereocenters. The normalized spacial score (nSPS) is 11.5. The van der Waals surface area contributed by atoms with E-state index in [9.17, 15) is 12.8 Å². The zero-order chi connectivity index (χ0) is 14.0. The maximum atomic E-state index is 13.5. The van der Waals surface area contributed by atoms with Crippen LogP contribution < -0.4 is 5.73 Å². The van der Waals surface area contributed by atoms with E-state index in [1.807, 2.05) is 0 Å². The molecule has 0 bridgehead atoms. The fourth-order valence-electron chi connectivity index (χ4n) is 1.83. The average molecular weight is 279 g/mol. The highest BCUT2D eigenvalue weighted by Crippen LogP contribution is 2.29. The van der Waals surface area contributed by atoms with Crippen LogP contribution in [0.2, 0.25) is 0 Å². The molecule has 0 heterocycles. The van der Waals surface area contributed by atoms with E-state index >= 15 is 0 Å². The average Bonchev–Trinajstić information content (AvgIpc) is 2.42. The maximum Gasteiger partial charge on any atom is 0.178 e. The van der Waals surface area contributed by atoms with E-state index < -0.39 is 15.7 Å². The van der Waals surface area contributed by atoms with E-state index in [1.165, 1.54) is 18.2 Å². The minimum atomic E-state index is -3.35. The zero-order valence-electron chi connectivity index (χ0n) is 10.4. The van der Waals surface area contributed by atoms with E-state index in [0.29, 0.717) is 11.1 Å². The van der Waals surface area contributed by atoms with Crippen molar-refractivity contribution < 1.29 is 12.8 Å². The van der Waals surface area contributed by atoms with Gasteiger partial charge in [-0.2, -0.15) is 0 Å². The molecule has 0 saturated heterocycles. The summed E-state index contributed by atoms with van der Waals surface area (Å²) in [5.41, 5.74) is 6.45. The standard InChI is InChI=1S/C14H14FNO2S/c1-2-19(17,18)14-6-4-3-5-11(14)10-7-8-13(16)12(15)9-10/h3-9H,2,16H2,1H3. The maximum absolute atomic E-state index is 13.5. The lowest BCUT2D eigenvalue weighted by atomic mass is 10.1. The largest absolute Gasteiger partial charge is 0.396 e. The van der Waals surface area contributed by atoms with Crippen molar-refractivity contribution in [3.05, 3.63) is 48.3 Å². The van der Waals surface area contributed by atoms with Crippen LogP contribution in [0.15, 0.2) is 47.4 Å². The van der Waals surface area contributed by atoms with Crippen LogP contribution >= 0.6 is 0 Å². The lowest BCUT2D eigenvalue weighted by Crippen LogP contribution is -2.05. The molecule has 19 heavy (non-hydrogen) atoms. The van der Waals surface area contributed by atoms with Crippen molar-refractivity contribution in [2.24, 2.45) is 0 Å². The fraction of sp³-hybridized carbons (Fsp3) is 0.143. The van der Waals surface area contributed by atoms with Crippen molar-refractivity contribution >= 4 is 15.5 Å². The first-order valence-electron chi connectivity index (χ1n) is 5.83. The Kier molecular flexibility index (Phi) is 3.57. The summed E-state index contributed by atoms with van der Waals surface area (Å²) in [7, 11) is -3.35. The van der Waals surface area contributed by atoms with Gasteiger partial charge in [0.15, 0.2) is 9.84 Å². The first-order chi connectivity index (χ1) is 8.95. The van der Waals surface area contributed by atoms with Gasteiger partial charge in [-0.15, -0.1) is 0 Å². The van der Waals surface area contributed by atoms with Gasteiger partial charge in [-0.3, -0.25) is 0 Å². The van der Waals surface area contributed by atoms with Crippen LogP contribution in [0.3, 0.4) is 0 Å². The minimum absolute atomic E-state index is 0.00146. The highest BCUT2D eigenvalue weighted by molar-refractivity contribution is 7.91. The Labute approximate surface area is 111 Å². The summed E-state index contributed by atoms with van der Waals surface area (Å²) in [5, 5.41) is 0. The molecule has 0 atom stereocenters. The number of hydrogen-bond donors (Lipinski definition) is 1. The van der Waals surface area contributed by atoms with Crippen LogP contribution in [0, 0.1) is 5.82 Å². The summed E-state index contributed by atoms with van der Waals surface area (Å²) in [6.45, 7) is 1.58. The lowest BCUT2D eigenvalue weighted by molar-refractivity contribution is 0.597. The SMILES string of the molecule is CCS(=O)(=O)c1ccccc1-c1ccc(N)c(F)c1. The molecule has 0 spiro atoms. The molecule has 2 aromatic carbocycles. The molecule has 2 rings (SSSR count). The van der Waals surface area contributed by atoms with Gasteiger partial charge >= 0.3 is 0 Å². The van der Waals surface area contributed by atoms with Crippen LogP contribution in [0.4, 0.5) is 10.1 Å². The molecular weight excluding hydrogens is 265 g/mol. The number of nitrogen functional groups attached to an aromatic ring is 1. The molecule has 3 nitrogen and oxygen atoms in total. The predicted molar refractivity (Wildman–Crippen MR) is 74.0 cm³/mol. The molecule has 0 aliphatic rings. The van der Waals surface area contributed by atoms with Gasteiger partial charge in [0.25, 0.3) is 0 Å². The van der Waals surface area contributed by atoms with Crippen molar-refractivity contribution in [3.63, 3.8) is 0 Å². The molecule has 0 fully saturated rings. The molecule has 2 N–H and O–H groups in total. The summed E-state index contributed by atoms with van der Waals surface area (Å²) in [5.74, 6) is -0.553. The van der Waals surface area contributed by atoms with E-state index in [2.05, 4.69) is 0 Å². The van der Waals surface area contributed by atoms with Gasteiger partial charge in [0.1, 0.15) is 5.82 Å². The van der Waals surface area contributed by atoms with Crippen LogP contribution in [0.5, 0.6) is 0 Å². The number of rotatable bonds is 3. The van der Waals surface area contributed by atoms with E-state index in [-0.39, 0.29) is 16.3 Å². The van der Waals surface area contributed by atoms with Crippen LogP contribution in [-0.2, 0) is 9.84 Å². The third-order valence-corrected chi connectivity index (χ3v) is 4.70. The number of anilines is 1. The van der Waals surface area contributed by atoms with Gasteiger partial charge in [-0.1, -0.05) is 31.2 Å². The van der Waals surface area contributed by atoms with Gasteiger partial charge in [-0.05, 0) is 23.8 Å². The van der Waals surface area contributed by atoms with Gasteiger partial charge in [0, 0.05) is 5.56 Å². The summed E-state index contributed by atoms with van der Waals surface area (Å²) in [4.78, 5) is 0.210. The predicted octanol–water partition coefficient (Wildman–Crippen LogP) is 2.87. The van der Waals surface area contributed by atoms with Crippen LogP contribution in [0.25, 0.3) is 11.1 Å². The Bertz CT molecular complexity index is 711. The number of benzene rings is 2. The molecule has 0 aliphatic heterocycles. The molecule has 0 radical (unpaired) electrons. The number of nitrogens with two attached hydrogens (primary N) is 1. The highest BCUT2D eigenvalue weighted by atomic mass is 32.2. The molecule has 0 amide bonds. The smallest absolute Gasteiger partial charge is 0.178 e. The van der Waals surface area contributed by atoms with Crippen LogP contribution in [0.1, 0.15) is 6.92 Å². The second-order valence-electron chi connectivity index (χ2n) is 4.14. The van der Waals surface area contributed by atoms with Crippen molar-refractivity contribution in [2.45, 2.75) is 11.8 Å². The van der Waals surface area contributed by atoms with Crippen LogP contribution in [-0.4, -0.2) is 14.2 Å². The van der Waals surface area contributed by atoms with Gasteiger partial charge in [-0.25, -0.2) is 12.8 Å². The quantitative estimate of drug-likeness (QED) is 0.879. The summed E-state index contributed by atoms with van der Waals surface area (Å²) < 4.78 is 37.6. The molecule has 0 aliphatic carbocycles. The molecule has 100 valence electrons. The Hall–Kier alpha value is -1.88. The molecule has 5 heteroatoms. The summed E-state index contributed by atoms with van der Waals surface area (Å²) in [6, 6.07) is 10.9. The Balaban J connectivity index is 2.66. The first kappa shape index (κ1) is 13.5. The second-order valence-corrected chi connectivity index (χ2v) is 6.38. The van der Waals surface area contributed by atoms with E-state index in [1.54, 1.807) is 31.2 Å². The molecule has 0 saturated carbocycles. The number of sulfone groups is 1. The highest BCUT2D eigenvalue weighted by Gasteiger charge is 2.17. The number of hydrogen-bond acceptors (Lipinski definition) is 3.